The van der Waals surface area contributed by atoms with Crippen LogP contribution in [0.25, 0.3) is 0 Å². The summed E-state index contributed by atoms with van der Waals surface area (Å²) in [6, 6.07) is 5.57. The van der Waals surface area contributed by atoms with Crippen molar-refractivity contribution >= 4 is 5.91 Å². The first kappa shape index (κ1) is 16.4. The fraction of sp³-hybridized carbons (Fsp3) is 0.471. The van der Waals surface area contributed by atoms with Gasteiger partial charge in [0.15, 0.2) is 0 Å². The number of amides is 1. The van der Waals surface area contributed by atoms with Gasteiger partial charge in [-0.25, -0.2) is 0 Å². The summed E-state index contributed by atoms with van der Waals surface area (Å²) < 4.78 is 3.20. The van der Waals surface area contributed by atoms with Crippen molar-refractivity contribution in [1.29, 1.82) is 0 Å². The number of nitrogens with one attached hydrogen (secondary N) is 1. The molecule has 1 fully saturated rings. The van der Waals surface area contributed by atoms with Crippen molar-refractivity contribution in [2.45, 2.75) is 25.4 Å². The Hall–Kier alpha value is -2.41. The van der Waals surface area contributed by atoms with Gasteiger partial charge in [-0.05, 0) is 30.5 Å². The summed E-state index contributed by atoms with van der Waals surface area (Å²) in [5.41, 5.74) is 1.51. The van der Waals surface area contributed by atoms with Crippen LogP contribution in [0.4, 0.5) is 0 Å². The Bertz CT molecular complexity index is 771. The van der Waals surface area contributed by atoms with E-state index in [0.717, 1.165) is 38.0 Å². The molecule has 24 heavy (non-hydrogen) atoms. The lowest BCUT2D eigenvalue weighted by Crippen LogP contribution is -2.44. The Balaban J connectivity index is 1.49. The highest BCUT2D eigenvalue weighted by Gasteiger charge is 2.22. The number of aromatic nitrogens is 3. The number of hydrogen-bond donors (Lipinski definition) is 1. The number of carbonyl (C=O) groups excluding carboxylic acids is 1. The van der Waals surface area contributed by atoms with Crippen molar-refractivity contribution in [3.8, 4) is 0 Å². The van der Waals surface area contributed by atoms with Gasteiger partial charge in [0.2, 0.25) is 0 Å². The van der Waals surface area contributed by atoms with E-state index in [9.17, 15) is 9.59 Å². The number of nitrogens with zero attached hydrogens (tertiary/aromatic N) is 4. The lowest BCUT2D eigenvalue weighted by Gasteiger charge is -2.32. The van der Waals surface area contributed by atoms with E-state index in [-0.39, 0.29) is 17.5 Å². The average Bonchev–Trinajstić information content (AvgIpc) is 2.99. The first-order valence-corrected chi connectivity index (χ1v) is 8.20. The van der Waals surface area contributed by atoms with Crippen LogP contribution in [0.5, 0.6) is 0 Å². The molecule has 0 atom stereocenters. The molecular weight excluding hydrogens is 306 g/mol. The monoisotopic (exact) mass is 329 g/mol. The minimum absolute atomic E-state index is 0.0185. The Morgan fingerprint density at radius 2 is 2.00 bits per heavy atom. The van der Waals surface area contributed by atoms with Crippen LogP contribution in [0, 0.1) is 0 Å². The molecular formula is C17H23N5O2. The molecule has 2 aromatic heterocycles. The highest BCUT2D eigenvalue weighted by atomic mass is 16.2. The first-order valence-electron chi connectivity index (χ1n) is 8.20. The molecule has 1 aliphatic rings. The van der Waals surface area contributed by atoms with Crippen LogP contribution in [-0.4, -0.2) is 44.3 Å². The number of piperidine rings is 1. The van der Waals surface area contributed by atoms with E-state index >= 15 is 0 Å². The van der Waals surface area contributed by atoms with Gasteiger partial charge in [-0.2, -0.15) is 5.10 Å². The third-order valence-corrected chi connectivity index (χ3v) is 4.44. The van der Waals surface area contributed by atoms with E-state index in [0.29, 0.717) is 5.69 Å². The van der Waals surface area contributed by atoms with Crippen LogP contribution < -0.4 is 10.9 Å². The number of likely N-dealkylation sites (tertiary alicyclic amines) is 1. The fourth-order valence-corrected chi connectivity index (χ4v) is 2.98. The van der Waals surface area contributed by atoms with Crippen molar-refractivity contribution in [2.24, 2.45) is 14.1 Å². The quantitative estimate of drug-likeness (QED) is 0.887. The molecule has 1 amide bonds. The van der Waals surface area contributed by atoms with Crippen LogP contribution in [0.1, 0.15) is 28.9 Å². The molecule has 2 aromatic rings. The number of pyridine rings is 1. The van der Waals surface area contributed by atoms with Gasteiger partial charge in [-0.15, -0.1) is 0 Å². The molecule has 0 bridgehead atoms. The maximum Gasteiger partial charge on any atom is 0.271 e. The Kier molecular flexibility index (Phi) is 4.80. The maximum atomic E-state index is 12.1. The number of rotatable bonds is 4. The highest BCUT2D eigenvalue weighted by molar-refractivity contribution is 5.92. The summed E-state index contributed by atoms with van der Waals surface area (Å²) in [6.45, 7) is 2.59. The standard InChI is InChI=1S/C17H23N5O2/c1-20-7-3-13(11-16(20)23)12-22-9-4-14(5-10-22)18-17(24)15-6-8-21(2)19-15/h3,6-8,11,14H,4-5,9-10,12H2,1-2H3,(H,18,24). The number of carbonyl (C=O) groups is 1. The summed E-state index contributed by atoms with van der Waals surface area (Å²) >= 11 is 0. The molecule has 3 rings (SSSR count). The molecule has 0 unspecified atom stereocenters. The van der Waals surface area contributed by atoms with Crippen molar-refractivity contribution in [3.05, 3.63) is 52.2 Å². The van der Waals surface area contributed by atoms with E-state index in [1.807, 2.05) is 6.07 Å². The molecule has 128 valence electrons. The van der Waals surface area contributed by atoms with Crippen molar-refractivity contribution < 1.29 is 4.79 Å². The SMILES string of the molecule is Cn1ccc(C(=O)NC2CCN(Cc3ccn(C)c(=O)c3)CC2)n1. The normalized spacial score (nSPS) is 16.2. The van der Waals surface area contributed by atoms with Crippen LogP contribution in [-0.2, 0) is 20.6 Å². The van der Waals surface area contributed by atoms with Gasteiger partial charge in [0, 0.05) is 58.2 Å². The van der Waals surface area contributed by atoms with Crippen molar-refractivity contribution in [1.82, 2.24) is 24.6 Å². The van der Waals surface area contributed by atoms with Crippen molar-refractivity contribution in [2.75, 3.05) is 13.1 Å². The molecule has 0 aliphatic carbocycles. The van der Waals surface area contributed by atoms with Gasteiger partial charge in [0.05, 0.1) is 0 Å². The predicted molar refractivity (Wildman–Crippen MR) is 90.7 cm³/mol. The smallest absolute Gasteiger partial charge is 0.271 e. The van der Waals surface area contributed by atoms with Gasteiger partial charge in [0.1, 0.15) is 5.69 Å². The zero-order valence-corrected chi connectivity index (χ0v) is 14.1. The molecule has 1 aliphatic heterocycles. The first-order chi connectivity index (χ1) is 11.5. The van der Waals surface area contributed by atoms with E-state index in [1.165, 1.54) is 0 Å². The molecule has 1 N–H and O–H groups in total. The van der Waals surface area contributed by atoms with Crippen LogP contribution in [0.15, 0.2) is 35.4 Å². The van der Waals surface area contributed by atoms with Crippen LogP contribution >= 0.6 is 0 Å². The second kappa shape index (κ2) is 7.00. The molecule has 0 radical (unpaired) electrons. The second-order valence-corrected chi connectivity index (χ2v) is 6.38. The minimum Gasteiger partial charge on any atom is -0.348 e. The van der Waals surface area contributed by atoms with Crippen molar-refractivity contribution in [3.63, 3.8) is 0 Å². The van der Waals surface area contributed by atoms with Gasteiger partial charge in [0.25, 0.3) is 11.5 Å². The minimum atomic E-state index is -0.111. The van der Waals surface area contributed by atoms with Gasteiger partial charge in [-0.1, -0.05) is 0 Å². The molecule has 7 nitrogen and oxygen atoms in total. The topological polar surface area (TPSA) is 72.2 Å². The third-order valence-electron chi connectivity index (χ3n) is 4.44. The van der Waals surface area contributed by atoms with Gasteiger partial charge < -0.3 is 9.88 Å². The Morgan fingerprint density at radius 3 is 2.62 bits per heavy atom. The van der Waals surface area contributed by atoms with E-state index in [2.05, 4.69) is 15.3 Å². The average molecular weight is 329 g/mol. The zero-order chi connectivity index (χ0) is 17.1. The van der Waals surface area contributed by atoms with E-state index < -0.39 is 0 Å². The second-order valence-electron chi connectivity index (χ2n) is 6.38. The van der Waals surface area contributed by atoms with E-state index in [4.69, 9.17) is 0 Å². The highest BCUT2D eigenvalue weighted by Crippen LogP contribution is 2.13. The third kappa shape index (κ3) is 3.91. The van der Waals surface area contributed by atoms with Crippen LogP contribution in [0.2, 0.25) is 0 Å². The zero-order valence-electron chi connectivity index (χ0n) is 14.1. The fourth-order valence-electron chi connectivity index (χ4n) is 2.98. The van der Waals surface area contributed by atoms with Gasteiger partial charge in [-0.3, -0.25) is 19.2 Å². The molecule has 0 aromatic carbocycles. The molecule has 1 saturated heterocycles. The molecule has 7 heteroatoms. The summed E-state index contributed by atoms with van der Waals surface area (Å²) in [6.07, 6.45) is 5.38. The summed E-state index contributed by atoms with van der Waals surface area (Å²) in [7, 11) is 3.55. The maximum absolute atomic E-state index is 12.1. The summed E-state index contributed by atoms with van der Waals surface area (Å²) in [5, 5.41) is 7.18. The largest absolute Gasteiger partial charge is 0.348 e. The summed E-state index contributed by atoms with van der Waals surface area (Å²) in [5.74, 6) is -0.111. The Labute approximate surface area is 140 Å². The Morgan fingerprint density at radius 1 is 1.25 bits per heavy atom. The van der Waals surface area contributed by atoms with Crippen LogP contribution in [0.3, 0.4) is 0 Å². The molecule has 3 heterocycles. The predicted octanol–water partition coefficient (Wildman–Crippen LogP) is 0.513. The molecule has 0 spiro atoms. The lowest BCUT2D eigenvalue weighted by molar-refractivity contribution is 0.0903. The summed E-state index contributed by atoms with van der Waals surface area (Å²) in [4.78, 5) is 26.1. The molecule has 0 saturated carbocycles. The number of aryl methyl sites for hydroxylation is 2. The van der Waals surface area contributed by atoms with E-state index in [1.54, 1.807) is 47.9 Å². The van der Waals surface area contributed by atoms with Gasteiger partial charge >= 0.3 is 0 Å². The number of hydrogen-bond acceptors (Lipinski definition) is 4. The lowest BCUT2D eigenvalue weighted by atomic mass is 10.0.